The predicted molar refractivity (Wildman–Crippen MR) is 77.7 cm³/mol. The monoisotopic (exact) mass is 284 g/mol. The molecule has 2 N–H and O–H groups in total. The Morgan fingerprint density at radius 3 is 2.35 bits per heavy atom. The molecule has 0 aromatic carbocycles. The smallest absolute Gasteiger partial charge is 0.320 e. The summed E-state index contributed by atoms with van der Waals surface area (Å²) in [4.78, 5) is 15.2. The molecule has 1 aliphatic heterocycles. The second-order valence-corrected chi connectivity index (χ2v) is 6.39. The molecule has 0 spiro atoms. The van der Waals surface area contributed by atoms with Gasteiger partial charge in [-0.15, -0.1) is 0 Å². The molecule has 0 bridgehead atoms. The summed E-state index contributed by atoms with van der Waals surface area (Å²) in [7, 11) is 0. The molecular weight excluding hydrogens is 256 g/mol. The number of nitrogens with zero attached hydrogens (tertiary/aromatic N) is 2. The van der Waals surface area contributed by atoms with Crippen LogP contribution in [-0.4, -0.2) is 70.9 Å². The lowest BCUT2D eigenvalue weighted by atomic mass is 9.99. The first-order valence-electron chi connectivity index (χ1n) is 7.93. The third kappa shape index (κ3) is 4.43. The molecule has 2 rings (SSSR count). The fourth-order valence-electron chi connectivity index (χ4n) is 3.49. The second-order valence-electron chi connectivity index (χ2n) is 6.39. The van der Waals surface area contributed by atoms with Crippen molar-refractivity contribution in [3.63, 3.8) is 0 Å². The summed E-state index contributed by atoms with van der Waals surface area (Å²) in [5, 5.41) is 19.2. The Labute approximate surface area is 121 Å². The number of carboxylic acid groups (broad SMARTS) is 1. The number of aliphatic hydroxyl groups is 1. The number of carboxylic acids is 1. The summed E-state index contributed by atoms with van der Waals surface area (Å²) in [5.74, 6) is -0.0296. The molecule has 5 heteroatoms. The summed E-state index contributed by atoms with van der Waals surface area (Å²) in [6.07, 6.45) is 5.92. The van der Waals surface area contributed by atoms with Gasteiger partial charge in [0.15, 0.2) is 0 Å². The summed E-state index contributed by atoms with van der Waals surface area (Å²) in [6.45, 7) is 5.77. The third-order valence-corrected chi connectivity index (χ3v) is 4.86. The fourth-order valence-corrected chi connectivity index (χ4v) is 3.49. The molecular formula is C15H28N2O3. The van der Waals surface area contributed by atoms with E-state index < -0.39 is 12.0 Å². The molecule has 5 nitrogen and oxygen atoms in total. The van der Waals surface area contributed by atoms with Gasteiger partial charge < -0.3 is 10.2 Å². The van der Waals surface area contributed by atoms with E-state index in [9.17, 15) is 9.90 Å². The van der Waals surface area contributed by atoms with Gasteiger partial charge in [0.05, 0.1) is 6.10 Å². The maximum Gasteiger partial charge on any atom is 0.320 e. The number of piperazine rings is 1. The van der Waals surface area contributed by atoms with E-state index in [0.717, 1.165) is 45.1 Å². The molecule has 2 atom stereocenters. The average Bonchev–Trinajstić information content (AvgIpc) is 2.91. The van der Waals surface area contributed by atoms with Gasteiger partial charge in [-0.25, -0.2) is 0 Å². The molecule has 116 valence electrons. The van der Waals surface area contributed by atoms with Crippen LogP contribution in [0.25, 0.3) is 0 Å². The molecule has 1 aliphatic carbocycles. The highest BCUT2D eigenvalue weighted by atomic mass is 16.4. The number of carbonyl (C=O) groups is 1. The van der Waals surface area contributed by atoms with Crippen molar-refractivity contribution in [1.82, 2.24) is 9.80 Å². The van der Waals surface area contributed by atoms with Crippen LogP contribution in [0.1, 0.15) is 39.0 Å². The van der Waals surface area contributed by atoms with E-state index in [4.69, 9.17) is 5.11 Å². The standard InChI is InChI=1S/C15H28N2O3/c1-12(15(19)20)17-8-6-16(7-9-17)11-14(18)10-13-4-2-3-5-13/h12-14,18H,2-11H2,1H3,(H,19,20). The molecule has 2 fully saturated rings. The van der Waals surface area contributed by atoms with Crippen LogP contribution in [0.3, 0.4) is 0 Å². The Morgan fingerprint density at radius 1 is 1.20 bits per heavy atom. The lowest BCUT2D eigenvalue weighted by Gasteiger charge is -2.37. The molecule has 0 radical (unpaired) electrons. The SMILES string of the molecule is CC(C(=O)O)N1CCN(CC(O)CC2CCCC2)CC1. The first-order valence-corrected chi connectivity index (χ1v) is 7.93. The first kappa shape index (κ1) is 15.7. The Morgan fingerprint density at radius 2 is 1.80 bits per heavy atom. The Bertz CT molecular complexity index is 310. The normalized spacial score (nSPS) is 25.7. The Hall–Kier alpha value is -0.650. The molecule has 20 heavy (non-hydrogen) atoms. The van der Waals surface area contributed by atoms with Crippen molar-refractivity contribution in [1.29, 1.82) is 0 Å². The van der Waals surface area contributed by atoms with E-state index in [1.54, 1.807) is 6.92 Å². The minimum Gasteiger partial charge on any atom is -0.480 e. The molecule has 1 saturated heterocycles. The average molecular weight is 284 g/mol. The van der Waals surface area contributed by atoms with Gasteiger partial charge in [0.1, 0.15) is 6.04 Å². The van der Waals surface area contributed by atoms with Gasteiger partial charge in [0.2, 0.25) is 0 Å². The van der Waals surface area contributed by atoms with Crippen LogP contribution in [-0.2, 0) is 4.79 Å². The summed E-state index contributed by atoms with van der Waals surface area (Å²) >= 11 is 0. The Balaban J connectivity index is 1.67. The van der Waals surface area contributed by atoms with Crippen molar-refractivity contribution in [3.05, 3.63) is 0 Å². The fraction of sp³-hybridized carbons (Fsp3) is 0.933. The van der Waals surface area contributed by atoms with Crippen molar-refractivity contribution >= 4 is 5.97 Å². The van der Waals surface area contributed by atoms with Gasteiger partial charge >= 0.3 is 5.97 Å². The summed E-state index contributed by atoms with van der Waals surface area (Å²) in [5.41, 5.74) is 0. The number of hydrogen-bond donors (Lipinski definition) is 2. The molecule has 0 aromatic rings. The van der Waals surface area contributed by atoms with E-state index in [1.165, 1.54) is 25.7 Å². The van der Waals surface area contributed by atoms with E-state index in [0.29, 0.717) is 0 Å². The van der Waals surface area contributed by atoms with Crippen LogP contribution in [0.2, 0.25) is 0 Å². The number of hydrogen-bond acceptors (Lipinski definition) is 4. The van der Waals surface area contributed by atoms with Gasteiger partial charge in [0.25, 0.3) is 0 Å². The van der Waals surface area contributed by atoms with E-state index in [2.05, 4.69) is 4.90 Å². The van der Waals surface area contributed by atoms with Gasteiger partial charge in [-0.3, -0.25) is 14.6 Å². The number of rotatable bonds is 6. The van der Waals surface area contributed by atoms with Crippen LogP contribution in [0, 0.1) is 5.92 Å². The number of aliphatic hydroxyl groups excluding tert-OH is 1. The van der Waals surface area contributed by atoms with Gasteiger partial charge in [-0.05, 0) is 19.3 Å². The second kappa shape index (κ2) is 7.38. The molecule has 2 aliphatic rings. The quantitative estimate of drug-likeness (QED) is 0.762. The van der Waals surface area contributed by atoms with E-state index in [1.807, 2.05) is 4.90 Å². The summed E-state index contributed by atoms with van der Waals surface area (Å²) in [6, 6.07) is -0.402. The zero-order chi connectivity index (χ0) is 14.5. The van der Waals surface area contributed by atoms with Gasteiger partial charge in [0, 0.05) is 32.7 Å². The van der Waals surface area contributed by atoms with Crippen LogP contribution in [0.15, 0.2) is 0 Å². The van der Waals surface area contributed by atoms with E-state index >= 15 is 0 Å². The lowest BCUT2D eigenvalue weighted by molar-refractivity contribution is -0.143. The molecule has 2 unspecified atom stereocenters. The van der Waals surface area contributed by atoms with Crippen molar-refractivity contribution in [3.8, 4) is 0 Å². The minimum absolute atomic E-state index is 0.221. The van der Waals surface area contributed by atoms with Crippen LogP contribution >= 0.6 is 0 Å². The summed E-state index contributed by atoms with van der Waals surface area (Å²) < 4.78 is 0. The number of aliphatic carboxylic acids is 1. The van der Waals surface area contributed by atoms with Crippen molar-refractivity contribution in [2.45, 2.75) is 51.2 Å². The highest BCUT2D eigenvalue weighted by Gasteiger charge is 2.26. The van der Waals surface area contributed by atoms with Crippen molar-refractivity contribution < 1.29 is 15.0 Å². The van der Waals surface area contributed by atoms with Crippen LogP contribution in [0.4, 0.5) is 0 Å². The highest BCUT2D eigenvalue weighted by Crippen LogP contribution is 2.28. The predicted octanol–water partition coefficient (Wildman–Crippen LogP) is 1.02. The molecule has 0 amide bonds. The first-order chi connectivity index (χ1) is 9.56. The lowest BCUT2D eigenvalue weighted by Crippen LogP contribution is -2.53. The molecule has 0 aromatic heterocycles. The van der Waals surface area contributed by atoms with Gasteiger partial charge in [-0.1, -0.05) is 25.7 Å². The number of β-amino-alcohol motifs (C(OH)–C–C–N with tert-alkyl or cyclic N) is 1. The third-order valence-electron chi connectivity index (χ3n) is 4.86. The largest absolute Gasteiger partial charge is 0.480 e. The highest BCUT2D eigenvalue weighted by molar-refractivity contribution is 5.72. The van der Waals surface area contributed by atoms with Crippen molar-refractivity contribution in [2.75, 3.05) is 32.7 Å². The van der Waals surface area contributed by atoms with Crippen molar-refractivity contribution in [2.24, 2.45) is 5.92 Å². The maximum atomic E-state index is 11.0. The minimum atomic E-state index is -0.750. The zero-order valence-corrected chi connectivity index (χ0v) is 12.5. The van der Waals surface area contributed by atoms with Gasteiger partial charge in [-0.2, -0.15) is 0 Å². The maximum absolute atomic E-state index is 11.0. The Kier molecular flexibility index (Phi) is 5.81. The molecule has 1 saturated carbocycles. The van der Waals surface area contributed by atoms with Crippen LogP contribution in [0.5, 0.6) is 0 Å². The zero-order valence-electron chi connectivity index (χ0n) is 12.5. The topological polar surface area (TPSA) is 64.0 Å². The van der Waals surface area contributed by atoms with Crippen LogP contribution < -0.4 is 0 Å². The molecule has 1 heterocycles. The van der Waals surface area contributed by atoms with E-state index in [-0.39, 0.29) is 6.10 Å².